The van der Waals surface area contributed by atoms with Crippen molar-refractivity contribution in [3.8, 4) is 0 Å². The lowest BCUT2D eigenvalue weighted by Gasteiger charge is -2.29. The van der Waals surface area contributed by atoms with Crippen LogP contribution in [-0.4, -0.2) is 26.9 Å². The fraction of sp³-hybridized carbons (Fsp3) is 0.182. The fourth-order valence-corrected chi connectivity index (χ4v) is 4.24. The van der Waals surface area contributed by atoms with E-state index in [4.69, 9.17) is 11.6 Å². The molecule has 3 aromatic carbocycles. The Bertz CT molecular complexity index is 978. The molecule has 6 heteroatoms. The number of nitrogens with one attached hydrogen (secondary N) is 1. The van der Waals surface area contributed by atoms with Crippen LogP contribution < -0.4 is 4.72 Å². The van der Waals surface area contributed by atoms with Crippen LogP contribution in [0.4, 0.5) is 0 Å². The molecule has 4 nitrogen and oxygen atoms in total. The number of benzene rings is 3. The molecule has 0 fully saturated rings. The van der Waals surface area contributed by atoms with Crippen molar-refractivity contribution in [1.82, 2.24) is 9.62 Å². The standard InChI is InChI=1S/C22H23ClN2O2S/c1-25(17-18-8-4-2-5-9-18)22(19-10-6-3-7-11-19)16-24-28(26,27)21-14-12-20(23)13-15-21/h2-15,22,24H,16-17H2,1H3. The summed E-state index contributed by atoms with van der Waals surface area (Å²) in [6.07, 6.45) is 0. The van der Waals surface area contributed by atoms with Gasteiger partial charge in [0.1, 0.15) is 0 Å². The summed E-state index contributed by atoms with van der Waals surface area (Å²) in [7, 11) is -1.62. The normalized spacial score (nSPS) is 12.8. The van der Waals surface area contributed by atoms with E-state index in [1.54, 1.807) is 12.1 Å². The summed E-state index contributed by atoms with van der Waals surface area (Å²) < 4.78 is 28.1. The van der Waals surface area contributed by atoms with E-state index in [1.165, 1.54) is 17.7 Å². The van der Waals surface area contributed by atoms with Gasteiger partial charge in [-0.25, -0.2) is 13.1 Å². The maximum Gasteiger partial charge on any atom is 0.240 e. The summed E-state index contributed by atoms with van der Waals surface area (Å²) >= 11 is 5.87. The molecule has 0 bridgehead atoms. The largest absolute Gasteiger partial charge is 0.294 e. The van der Waals surface area contributed by atoms with Crippen LogP contribution in [0.25, 0.3) is 0 Å². The second-order valence-electron chi connectivity index (χ2n) is 6.63. The van der Waals surface area contributed by atoms with Gasteiger partial charge in [-0.15, -0.1) is 0 Å². The number of likely N-dealkylation sites (N-methyl/N-ethyl adjacent to an activating group) is 1. The van der Waals surface area contributed by atoms with Gasteiger partial charge in [0.2, 0.25) is 10.0 Å². The highest BCUT2D eigenvalue weighted by Crippen LogP contribution is 2.22. The van der Waals surface area contributed by atoms with Crippen molar-refractivity contribution in [2.45, 2.75) is 17.5 Å². The molecule has 146 valence electrons. The Kier molecular flexibility index (Phi) is 6.86. The molecule has 0 amide bonds. The molecule has 3 aromatic rings. The van der Waals surface area contributed by atoms with Crippen LogP contribution in [0.3, 0.4) is 0 Å². The third-order valence-electron chi connectivity index (χ3n) is 4.58. The predicted molar refractivity (Wildman–Crippen MR) is 114 cm³/mol. The zero-order valence-electron chi connectivity index (χ0n) is 15.6. The van der Waals surface area contributed by atoms with Crippen molar-refractivity contribution < 1.29 is 8.42 Å². The second-order valence-corrected chi connectivity index (χ2v) is 8.84. The van der Waals surface area contributed by atoms with Gasteiger partial charge in [-0.2, -0.15) is 0 Å². The number of nitrogens with zero attached hydrogens (tertiary/aromatic N) is 1. The summed E-state index contributed by atoms with van der Waals surface area (Å²) in [5.41, 5.74) is 2.23. The van der Waals surface area contributed by atoms with Gasteiger partial charge >= 0.3 is 0 Å². The molecule has 0 aromatic heterocycles. The Balaban J connectivity index is 1.78. The summed E-state index contributed by atoms with van der Waals surface area (Å²) in [4.78, 5) is 2.35. The molecule has 0 heterocycles. The Morgan fingerprint density at radius 3 is 2.07 bits per heavy atom. The van der Waals surface area contributed by atoms with Gasteiger partial charge in [-0.3, -0.25) is 4.90 Å². The average molecular weight is 415 g/mol. The zero-order valence-corrected chi connectivity index (χ0v) is 17.2. The van der Waals surface area contributed by atoms with E-state index in [-0.39, 0.29) is 17.5 Å². The number of halogens is 1. The van der Waals surface area contributed by atoms with Crippen molar-refractivity contribution in [2.75, 3.05) is 13.6 Å². The van der Waals surface area contributed by atoms with E-state index in [1.807, 2.05) is 55.6 Å². The highest BCUT2D eigenvalue weighted by atomic mass is 35.5. The molecule has 0 aliphatic carbocycles. The molecule has 28 heavy (non-hydrogen) atoms. The first-order valence-corrected chi connectivity index (χ1v) is 10.9. The number of hydrogen-bond donors (Lipinski definition) is 1. The summed E-state index contributed by atoms with van der Waals surface area (Å²) in [5, 5.41) is 0.503. The minimum atomic E-state index is -3.62. The molecule has 1 unspecified atom stereocenters. The fourth-order valence-electron chi connectivity index (χ4n) is 3.07. The van der Waals surface area contributed by atoms with Crippen molar-refractivity contribution in [1.29, 1.82) is 0 Å². The van der Waals surface area contributed by atoms with Gasteiger partial charge in [-0.05, 0) is 42.4 Å². The average Bonchev–Trinajstić information content (AvgIpc) is 2.70. The Morgan fingerprint density at radius 2 is 1.46 bits per heavy atom. The van der Waals surface area contributed by atoms with Crippen LogP contribution >= 0.6 is 11.6 Å². The topological polar surface area (TPSA) is 49.4 Å². The van der Waals surface area contributed by atoms with E-state index in [2.05, 4.69) is 21.8 Å². The van der Waals surface area contributed by atoms with Crippen molar-refractivity contribution in [3.05, 3.63) is 101 Å². The van der Waals surface area contributed by atoms with Crippen LogP contribution in [0.1, 0.15) is 17.2 Å². The molecule has 0 aliphatic heterocycles. The Hall–Kier alpha value is -2.18. The first-order chi connectivity index (χ1) is 13.5. The molecular formula is C22H23ClN2O2S. The maximum absolute atomic E-state index is 12.7. The van der Waals surface area contributed by atoms with E-state index >= 15 is 0 Å². The predicted octanol–water partition coefficient (Wildman–Crippen LogP) is 4.49. The van der Waals surface area contributed by atoms with Crippen LogP contribution in [-0.2, 0) is 16.6 Å². The van der Waals surface area contributed by atoms with Gasteiger partial charge < -0.3 is 0 Å². The second kappa shape index (κ2) is 9.34. The minimum Gasteiger partial charge on any atom is -0.294 e. The molecule has 0 spiro atoms. The number of rotatable bonds is 8. The van der Waals surface area contributed by atoms with Crippen LogP contribution in [0.5, 0.6) is 0 Å². The third kappa shape index (κ3) is 5.42. The molecule has 1 atom stereocenters. The maximum atomic E-state index is 12.7. The van der Waals surface area contributed by atoms with E-state index in [0.717, 1.165) is 5.56 Å². The van der Waals surface area contributed by atoms with E-state index in [9.17, 15) is 8.42 Å². The summed E-state index contributed by atoms with van der Waals surface area (Å²) in [6, 6.07) is 26.1. The van der Waals surface area contributed by atoms with E-state index < -0.39 is 10.0 Å². The minimum absolute atomic E-state index is 0.108. The van der Waals surface area contributed by atoms with Crippen molar-refractivity contribution in [2.24, 2.45) is 0 Å². The molecule has 0 radical (unpaired) electrons. The Labute approximate surface area is 171 Å². The lowest BCUT2D eigenvalue weighted by molar-refractivity contribution is 0.237. The molecule has 0 saturated carbocycles. The number of hydrogen-bond acceptors (Lipinski definition) is 3. The molecule has 3 rings (SSSR count). The molecule has 0 aliphatic rings. The molecular weight excluding hydrogens is 392 g/mol. The zero-order chi connectivity index (χ0) is 20.0. The monoisotopic (exact) mass is 414 g/mol. The van der Waals surface area contributed by atoms with Gasteiger partial charge in [0.25, 0.3) is 0 Å². The van der Waals surface area contributed by atoms with Crippen molar-refractivity contribution >= 4 is 21.6 Å². The lowest BCUT2D eigenvalue weighted by atomic mass is 10.1. The van der Waals surface area contributed by atoms with Crippen molar-refractivity contribution in [3.63, 3.8) is 0 Å². The van der Waals surface area contributed by atoms with Crippen LogP contribution in [0, 0.1) is 0 Å². The molecule has 0 saturated heterocycles. The first kappa shape index (κ1) is 20.6. The quantitative estimate of drug-likeness (QED) is 0.590. The summed E-state index contributed by atoms with van der Waals surface area (Å²) in [5.74, 6) is 0. The van der Waals surface area contributed by atoms with Crippen LogP contribution in [0.15, 0.2) is 89.8 Å². The van der Waals surface area contributed by atoms with E-state index in [0.29, 0.717) is 11.6 Å². The Morgan fingerprint density at radius 1 is 0.893 bits per heavy atom. The third-order valence-corrected chi connectivity index (χ3v) is 6.27. The van der Waals surface area contributed by atoms with Crippen LogP contribution in [0.2, 0.25) is 5.02 Å². The van der Waals surface area contributed by atoms with Gasteiger partial charge in [0.05, 0.1) is 4.90 Å². The van der Waals surface area contributed by atoms with Gasteiger partial charge in [0.15, 0.2) is 0 Å². The highest BCUT2D eigenvalue weighted by molar-refractivity contribution is 7.89. The SMILES string of the molecule is CN(Cc1ccccc1)C(CNS(=O)(=O)c1ccc(Cl)cc1)c1ccccc1. The first-order valence-electron chi connectivity index (χ1n) is 9.00. The highest BCUT2D eigenvalue weighted by Gasteiger charge is 2.21. The van der Waals surface area contributed by atoms with Gasteiger partial charge in [0, 0.05) is 24.2 Å². The molecule has 1 N–H and O–H groups in total. The smallest absolute Gasteiger partial charge is 0.240 e. The number of sulfonamides is 1. The van der Waals surface area contributed by atoms with Gasteiger partial charge in [-0.1, -0.05) is 72.3 Å². The summed E-state index contributed by atoms with van der Waals surface area (Å²) in [6.45, 7) is 0.974. The lowest BCUT2D eigenvalue weighted by Crippen LogP contribution is -2.36.